The molecule has 0 bridgehead atoms. The van der Waals surface area contributed by atoms with Gasteiger partial charge in [0.15, 0.2) is 0 Å². The third-order valence-corrected chi connectivity index (χ3v) is 3.42. The second kappa shape index (κ2) is 5.44. The third kappa shape index (κ3) is 2.62. The molecule has 2 rings (SSSR count). The van der Waals surface area contributed by atoms with Gasteiger partial charge >= 0.3 is 0 Å². The molecule has 1 aliphatic rings. The molecule has 1 aromatic carbocycles. The molecule has 0 aliphatic carbocycles. The van der Waals surface area contributed by atoms with Crippen LogP contribution in [0.4, 0.5) is 0 Å². The lowest BCUT2D eigenvalue weighted by atomic mass is 10.1. The molecule has 1 heterocycles. The van der Waals surface area contributed by atoms with E-state index in [0.717, 1.165) is 23.1 Å². The predicted octanol–water partition coefficient (Wildman–Crippen LogP) is 2.35. The van der Waals surface area contributed by atoms with Crippen LogP contribution in [0.5, 0.6) is 0 Å². The van der Waals surface area contributed by atoms with Crippen LogP contribution < -0.4 is 0 Å². The Balaban J connectivity index is 2.10. The first kappa shape index (κ1) is 11.6. The maximum absolute atomic E-state index is 8.69. The van der Waals surface area contributed by atoms with Crippen LogP contribution >= 0.6 is 15.9 Å². The van der Waals surface area contributed by atoms with Crippen molar-refractivity contribution in [3.8, 4) is 6.07 Å². The molecule has 1 aromatic rings. The van der Waals surface area contributed by atoms with E-state index in [0.29, 0.717) is 13.2 Å². The van der Waals surface area contributed by atoms with E-state index >= 15 is 0 Å². The molecule has 0 saturated carbocycles. The molecular formula is C12H13BrN2O. The zero-order valence-corrected chi connectivity index (χ0v) is 10.5. The lowest BCUT2D eigenvalue weighted by Crippen LogP contribution is -2.38. The van der Waals surface area contributed by atoms with Gasteiger partial charge in [0.05, 0.1) is 25.3 Å². The minimum atomic E-state index is 0.0673. The highest BCUT2D eigenvalue weighted by atomic mass is 79.9. The topological polar surface area (TPSA) is 36.3 Å². The molecule has 0 spiro atoms. The van der Waals surface area contributed by atoms with E-state index in [9.17, 15) is 0 Å². The summed E-state index contributed by atoms with van der Waals surface area (Å²) in [5.41, 5.74) is 1.16. The van der Waals surface area contributed by atoms with Gasteiger partial charge in [0.2, 0.25) is 0 Å². The molecule has 0 aromatic heterocycles. The number of nitrogens with zero attached hydrogens (tertiary/aromatic N) is 2. The number of rotatable bonds is 2. The van der Waals surface area contributed by atoms with Crippen LogP contribution in [-0.4, -0.2) is 31.1 Å². The Labute approximate surface area is 104 Å². The van der Waals surface area contributed by atoms with E-state index < -0.39 is 0 Å². The zero-order chi connectivity index (χ0) is 11.4. The number of nitriles is 1. The maximum atomic E-state index is 8.69. The van der Waals surface area contributed by atoms with E-state index in [2.05, 4.69) is 33.0 Å². The minimum absolute atomic E-state index is 0.0673. The summed E-state index contributed by atoms with van der Waals surface area (Å²) in [4.78, 5) is 2.12. The van der Waals surface area contributed by atoms with Gasteiger partial charge in [-0.25, -0.2) is 0 Å². The highest BCUT2D eigenvalue weighted by molar-refractivity contribution is 9.10. The number of morpholine rings is 1. The van der Waals surface area contributed by atoms with Crippen LogP contribution in [0.3, 0.4) is 0 Å². The smallest absolute Gasteiger partial charge is 0.0963 e. The zero-order valence-electron chi connectivity index (χ0n) is 8.90. The monoisotopic (exact) mass is 280 g/mol. The Morgan fingerprint density at radius 2 is 2.31 bits per heavy atom. The van der Waals surface area contributed by atoms with Crippen LogP contribution in [0.2, 0.25) is 0 Å². The van der Waals surface area contributed by atoms with E-state index in [-0.39, 0.29) is 6.10 Å². The van der Waals surface area contributed by atoms with Crippen molar-refractivity contribution in [2.24, 2.45) is 0 Å². The molecule has 0 amide bonds. The molecule has 0 radical (unpaired) electrons. The van der Waals surface area contributed by atoms with E-state index in [1.165, 1.54) is 0 Å². The summed E-state index contributed by atoms with van der Waals surface area (Å²) < 4.78 is 6.81. The second-order valence-corrected chi connectivity index (χ2v) is 4.63. The fraction of sp³-hybridized carbons (Fsp3) is 0.417. The van der Waals surface area contributed by atoms with Crippen LogP contribution in [-0.2, 0) is 4.74 Å². The second-order valence-electron chi connectivity index (χ2n) is 3.77. The van der Waals surface area contributed by atoms with E-state index in [4.69, 9.17) is 10.00 Å². The summed E-state index contributed by atoms with van der Waals surface area (Å²) in [5, 5.41) is 8.69. The molecule has 84 valence electrons. The molecule has 16 heavy (non-hydrogen) atoms. The molecule has 3 nitrogen and oxygen atoms in total. The van der Waals surface area contributed by atoms with Crippen molar-refractivity contribution < 1.29 is 4.74 Å². The molecule has 1 fully saturated rings. The highest BCUT2D eigenvalue weighted by Crippen LogP contribution is 2.28. The molecule has 1 atom stereocenters. The van der Waals surface area contributed by atoms with Crippen LogP contribution in [0.15, 0.2) is 28.7 Å². The summed E-state index contributed by atoms with van der Waals surface area (Å²) in [6.45, 7) is 2.79. The van der Waals surface area contributed by atoms with Gasteiger partial charge in [-0.1, -0.05) is 34.1 Å². The van der Waals surface area contributed by atoms with Gasteiger partial charge < -0.3 is 4.74 Å². The first-order valence-corrected chi connectivity index (χ1v) is 6.06. The molecule has 4 heteroatoms. The SMILES string of the molecule is N#CCN1CCO[C@H](c2ccccc2Br)C1. The summed E-state index contributed by atoms with van der Waals surface area (Å²) in [6.07, 6.45) is 0.0673. The number of benzene rings is 1. The largest absolute Gasteiger partial charge is 0.371 e. The van der Waals surface area contributed by atoms with Gasteiger partial charge in [0.1, 0.15) is 0 Å². The van der Waals surface area contributed by atoms with Gasteiger partial charge in [-0.05, 0) is 11.6 Å². The Hall–Kier alpha value is -0.890. The van der Waals surface area contributed by atoms with Crippen molar-refractivity contribution in [3.63, 3.8) is 0 Å². The average molecular weight is 281 g/mol. The number of halogens is 1. The van der Waals surface area contributed by atoms with Crippen molar-refractivity contribution in [2.45, 2.75) is 6.10 Å². The normalized spacial score (nSPS) is 21.6. The van der Waals surface area contributed by atoms with Gasteiger partial charge in [0.25, 0.3) is 0 Å². The lowest BCUT2D eigenvalue weighted by Gasteiger charge is -2.31. The Morgan fingerprint density at radius 1 is 1.50 bits per heavy atom. The summed E-state index contributed by atoms with van der Waals surface area (Å²) >= 11 is 3.53. The van der Waals surface area contributed by atoms with Crippen LogP contribution in [0.1, 0.15) is 11.7 Å². The lowest BCUT2D eigenvalue weighted by molar-refractivity contribution is -0.0258. The van der Waals surface area contributed by atoms with Crippen molar-refractivity contribution in [3.05, 3.63) is 34.3 Å². The minimum Gasteiger partial charge on any atom is -0.371 e. The number of hydrogen-bond donors (Lipinski definition) is 0. The number of ether oxygens (including phenoxy) is 1. The average Bonchev–Trinajstić information content (AvgIpc) is 2.30. The first-order valence-electron chi connectivity index (χ1n) is 5.26. The first-order chi connectivity index (χ1) is 7.81. The fourth-order valence-corrected chi connectivity index (χ4v) is 2.41. The predicted molar refractivity (Wildman–Crippen MR) is 64.9 cm³/mol. The van der Waals surface area contributed by atoms with Gasteiger partial charge in [-0.3, -0.25) is 4.90 Å². The molecule has 0 N–H and O–H groups in total. The number of hydrogen-bond acceptors (Lipinski definition) is 3. The Bertz CT molecular complexity index is 402. The summed E-state index contributed by atoms with van der Waals surface area (Å²) in [7, 11) is 0. The van der Waals surface area contributed by atoms with E-state index in [1.54, 1.807) is 0 Å². The van der Waals surface area contributed by atoms with Gasteiger partial charge in [-0.15, -0.1) is 0 Å². The fourth-order valence-electron chi connectivity index (χ4n) is 1.87. The van der Waals surface area contributed by atoms with Gasteiger partial charge in [0, 0.05) is 17.6 Å². The summed E-state index contributed by atoms with van der Waals surface area (Å²) in [6, 6.07) is 10.3. The van der Waals surface area contributed by atoms with E-state index in [1.807, 2.05) is 18.2 Å². The highest BCUT2D eigenvalue weighted by Gasteiger charge is 2.22. The molecule has 1 aliphatic heterocycles. The van der Waals surface area contributed by atoms with Crippen molar-refractivity contribution >= 4 is 15.9 Å². The quantitative estimate of drug-likeness (QED) is 0.781. The van der Waals surface area contributed by atoms with Crippen LogP contribution in [0, 0.1) is 11.3 Å². The van der Waals surface area contributed by atoms with Crippen LogP contribution in [0.25, 0.3) is 0 Å². The van der Waals surface area contributed by atoms with Gasteiger partial charge in [-0.2, -0.15) is 5.26 Å². The Morgan fingerprint density at radius 3 is 3.06 bits per heavy atom. The maximum Gasteiger partial charge on any atom is 0.0963 e. The standard InChI is InChI=1S/C12H13BrN2O/c13-11-4-2-1-3-10(11)12-9-15(6-5-14)7-8-16-12/h1-4,12H,6-9H2/t12-/m0/s1. The summed E-state index contributed by atoms with van der Waals surface area (Å²) in [5.74, 6) is 0. The van der Waals surface area contributed by atoms with Crippen molar-refractivity contribution in [1.82, 2.24) is 4.90 Å². The van der Waals surface area contributed by atoms with Crippen molar-refractivity contribution in [1.29, 1.82) is 5.26 Å². The molecule has 0 unspecified atom stereocenters. The molecule has 1 saturated heterocycles. The third-order valence-electron chi connectivity index (χ3n) is 2.70. The Kier molecular flexibility index (Phi) is 3.94. The van der Waals surface area contributed by atoms with Crippen molar-refractivity contribution in [2.75, 3.05) is 26.2 Å². The molecular weight excluding hydrogens is 268 g/mol.